The molecule has 7 nitrogen and oxygen atoms in total. The number of anilines is 1. The number of aromatic nitrogens is 2. The molecule has 1 aromatic carbocycles. The quantitative estimate of drug-likeness (QED) is 0.765. The van der Waals surface area contributed by atoms with Crippen LogP contribution < -0.4 is 27.3 Å². The van der Waals surface area contributed by atoms with Crippen molar-refractivity contribution in [1.82, 2.24) is 14.6 Å². The summed E-state index contributed by atoms with van der Waals surface area (Å²) in [5.41, 5.74) is -0.796. The van der Waals surface area contributed by atoms with Crippen molar-refractivity contribution >= 4 is 28.2 Å². The first-order valence-corrected chi connectivity index (χ1v) is 9.59. The molecule has 3 N–H and O–H groups in total. The zero-order valence-corrected chi connectivity index (χ0v) is 16.1. The second kappa shape index (κ2) is 6.53. The van der Waals surface area contributed by atoms with E-state index in [1.165, 1.54) is 4.57 Å². The average molecular weight is 396 g/mol. The third-order valence-corrected chi connectivity index (χ3v) is 6.24. The van der Waals surface area contributed by atoms with E-state index in [1.54, 1.807) is 0 Å². The van der Waals surface area contributed by atoms with Gasteiger partial charge < -0.3 is 16.1 Å². The van der Waals surface area contributed by atoms with Gasteiger partial charge in [0.25, 0.3) is 5.56 Å². The van der Waals surface area contributed by atoms with Crippen LogP contribution in [0.15, 0.2) is 15.7 Å². The Bertz CT molecular complexity index is 1030. The number of nitrogens with one attached hydrogen (secondary N) is 1. The van der Waals surface area contributed by atoms with Gasteiger partial charge in [0.1, 0.15) is 5.82 Å². The highest BCUT2D eigenvalue weighted by Crippen LogP contribution is 2.41. The van der Waals surface area contributed by atoms with Crippen LogP contribution in [0.1, 0.15) is 32.2 Å². The monoisotopic (exact) mass is 395 g/mol. The first-order valence-electron chi connectivity index (χ1n) is 9.21. The summed E-state index contributed by atoms with van der Waals surface area (Å²) >= 11 is 6.62. The van der Waals surface area contributed by atoms with Gasteiger partial charge >= 0.3 is 5.69 Å². The summed E-state index contributed by atoms with van der Waals surface area (Å²) in [5.74, 6) is 5.43. The zero-order valence-electron chi connectivity index (χ0n) is 15.3. The maximum Gasteiger partial charge on any atom is 0.350 e. The molecule has 4 rings (SSSR count). The van der Waals surface area contributed by atoms with Crippen molar-refractivity contribution < 1.29 is 4.39 Å². The van der Waals surface area contributed by atoms with Crippen LogP contribution in [0.3, 0.4) is 0 Å². The molecule has 0 spiro atoms. The van der Waals surface area contributed by atoms with Gasteiger partial charge in [-0.05, 0) is 45.2 Å². The maximum absolute atomic E-state index is 15.0. The highest BCUT2D eigenvalue weighted by Gasteiger charge is 2.33. The van der Waals surface area contributed by atoms with E-state index < -0.39 is 17.1 Å². The Morgan fingerprint density at radius 1 is 1.33 bits per heavy atom. The SMILES string of the molecule is CN[C@@H](C)C1CCN(c2c(F)cc3c(=O)n(N)c(=O)n(C4CC4)c3c2Cl)C1. The van der Waals surface area contributed by atoms with E-state index in [1.807, 2.05) is 11.9 Å². The lowest BCUT2D eigenvalue weighted by atomic mass is 10.0. The van der Waals surface area contributed by atoms with Gasteiger partial charge in [0, 0.05) is 25.2 Å². The van der Waals surface area contributed by atoms with Crippen molar-refractivity contribution in [2.75, 3.05) is 30.9 Å². The van der Waals surface area contributed by atoms with Crippen LogP contribution in [0.25, 0.3) is 10.9 Å². The number of benzene rings is 1. The molecule has 1 aromatic heterocycles. The summed E-state index contributed by atoms with van der Waals surface area (Å²) in [6.07, 6.45) is 2.53. The smallest absolute Gasteiger partial charge is 0.350 e. The van der Waals surface area contributed by atoms with Gasteiger partial charge in [-0.15, -0.1) is 0 Å². The third-order valence-electron chi connectivity index (χ3n) is 5.89. The van der Waals surface area contributed by atoms with Crippen LogP contribution >= 0.6 is 11.6 Å². The lowest BCUT2D eigenvalue weighted by Gasteiger charge is -2.24. The molecule has 1 unspecified atom stereocenters. The molecule has 9 heteroatoms. The van der Waals surface area contributed by atoms with Crippen molar-refractivity contribution in [2.45, 2.75) is 38.3 Å². The van der Waals surface area contributed by atoms with Gasteiger partial charge in [-0.25, -0.2) is 9.18 Å². The Morgan fingerprint density at radius 2 is 2.04 bits per heavy atom. The third kappa shape index (κ3) is 2.82. The first kappa shape index (κ1) is 18.3. The second-order valence-corrected chi connectivity index (χ2v) is 7.93. The highest BCUT2D eigenvalue weighted by atomic mass is 35.5. The van der Waals surface area contributed by atoms with Crippen molar-refractivity contribution in [3.05, 3.63) is 37.7 Å². The normalized spacial score (nSPS) is 21.2. The number of hydrogen-bond donors (Lipinski definition) is 2. The van der Waals surface area contributed by atoms with Gasteiger partial charge in [0.05, 0.1) is 21.6 Å². The van der Waals surface area contributed by atoms with Gasteiger partial charge in [-0.2, -0.15) is 4.68 Å². The largest absolute Gasteiger partial charge is 0.368 e. The molecule has 146 valence electrons. The summed E-state index contributed by atoms with van der Waals surface area (Å²) in [6.45, 7) is 3.42. The fourth-order valence-electron chi connectivity index (χ4n) is 4.02. The summed E-state index contributed by atoms with van der Waals surface area (Å²) in [7, 11) is 1.91. The molecule has 1 saturated carbocycles. The minimum Gasteiger partial charge on any atom is -0.368 e. The fourth-order valence-corrected chi connectivity index (χ4v) is 4.42. The summed E-state index contributed by atoms with van der Waals surface area (Å²) in [6, 6.07) is 1.41. The van der Waals surface area contributed by atoms with Gasteiger partial charge in [-0.3, -0.25) is 9.36 Å². The van der Waals surface area contributed by atoms with Crippen molar-refractivity contribution in [3.8, 4) is 0 Å². The van der Waals surface area contributed by atoms with E-state index in [4.69, 9.17) is 17.4 Å². The summed E-state index contributed by atoms with van der Waals surface area (Å²) in [5, 5.41) is 3.39. The standard InChI is InChI=1S/C18H23ClFN5O2/c1-9(22-2)10-5-6-23(8-10)16-13(20)7-12-15(14(16)19)24(11-3-4-11)18(27)25(21)17(12)26/h7,9-11,22H,3-6,8,21H2,1-2H3/t9-,10?/m0/s1. The Morgan fingerprint density at radius 3 is 2.67 bits per heavy atom. The molecule has 1 aliphatic heterocycles. The van der Waals surface area contributed by atoms with Crippen LogP contribution in [-0.2, 0) is 0 Å². The number of nitrogens with two attached hydrogens (primary N) is 1. The number of nitrogens with zero attached hydrogens (tertiary/aromatic N) is 3. The predicted octanol–water partition coefficient (Wildman–Crippen LogP) is 1.44. The molecule has 0 amide bonds. The minimum absolute atomic E-state index is 0.0367. The van der Waals surface area contributed by atoms with Crippen LogP contribution in [0.4, 0.5) is 10.1 Å². The van der Waals surface area contributed by atoms with E-state index in [-0.39, 0.29) is 27.7 Å². The molecule has 0 bridgehead atoms. The molecule has 2 heterocycles. The van der Waals surface area contributed by atoms with Crippen molar-refractivity contribution in [3.63, 3.8) is 0 Å². The lowest BCUT2D eigenvalue weighted by molar-refractivity contribution is 0.428. The summed E-state index contributed by atoms with van der Waals surface area (Å²) < 4.78 is 17.0. The number of fused-ring (bicyclic) bond motifs is 1. The number of hydrogen-bond acceptors (Lipinski definition) is 5. The molecule has 2 aromatic rings. The molecular weight excluding hydrogens is 373 g/mol. The van der Waals surface area contributed by atoms with Crippen LogP contribution in [0, 0.1) is 11.7 Å². The fraction of sp³-hybridized carbons (Fsp3) is 0.556. The molecule has 1 aliphatic carbocycles. The van der Waals surface area contributed by atoms with E-state index in [0.29, 0.717) is 29.7 Å². The zero-order chi connectivity index (χ0) is 19.5. The van der Waals surface area contributed by atoms with Crippen LogP contribution in [0.5, 0.6) is 0 Å². The van der Waals surface area contributed by atoms with Gasteiger partial charge in [-0.1, -0.05) is 11.6 Å². The maximum atomic E-state index is 15.0. The highest BCUT2D eigenvalue weighted by molar-refractivity contribution is 6.38. The molecule has 0 radical (unpaired) electrons. The van der Waals surface area contributed by atoms with Crippen molar-refractivity contribution in [2.24, 2.45) is 5.92 Å². The molecule has 2 atom stereocenters. The average Bonchev–Trinajstić information content (AvgIpc) is 3.37. The Balaban J connectivity index is 1.91. The van der Waals surface area contributed by atoms with E-state index >= 15 is 0 Å². The second-order valence-electron chi connectivity index (χ2n) is 7.55. The summed E-state index contributed by atoms with van der Waals surface area (Å²) in [4.78, 5) is 26.9. The van der Waals surface area contributed by atoms with Gasteiger partial charge in [0.15, 0.2) is 0 Å². The van der Waals surface area contributed by atoms with E-state index in [2.05, 4.69) is 12.2 Å². The molecule has 27 heavy (non-hydrogen) atoms. The van der Waals surface area contributed by atoms with Crippen molar-refractivity contribution in [1.29, 1.82) is 0 Å². The topological polar surface area (TPSA) is 85.3 Å². The number of halogens is 2. The van der Waals surface area contributed by atoms with Gasteiger partial charge in [0.2, 0.25) is 0 Å². The predicted molar refractivity (Wildman–Crippen MR) is 105 cm³/mol. The molecule has 1 saturated heterocycles. The number of nitrogen functional groups attached to an aromatic ring is 1. The van der Waals surface area contributed by atoms with E-state index in [9.17, 15) is 14.0 Å². The lowest BCUT2D eigenvalue weighted by Crippen LogP contribution is -2.44. The molecular formula is C18H23ClFN5O2. The Hall–Kier alpha value is -2.06. The Kier molecular flexibility index (Phi) is 4.43. The molecule has 2 fully saturated rings. The molecule has 2 aliphatic rings. The van der Waals surface area contributed by atoms with Crippen LogP contribution in [0.2, 0.25) is 5.02 Å². The first-order chi connectivity index (χ1) is 12.8. The Labute approximate surface area is 160 Å². The minimum atomic E-state index is -0.734. The van der Waals surface area contributed by atoms with E-state index in [0.717, 1.165) is 25.3 Å². The number of rotatable bonds is 4. The van der Waals surface area contributed by atoms with Crippen LogP contribution in [-0.4, -0.2) is 35.4 Å².